The Labute approximate surface area is 119 Å². The van der Waals surface area contributed by atoms with Crippen LogP contribution in [-0.4, -0.2) is 31.6 Å². The van der Waals surface area contributed by atoms with Gasteiger partial charge in [-0.05, 0) is 55.9 Å². The number of hydrogen-bond donors (Lipinski definition) is 0. The van der Waals surface area contributed by atoms with Gasteiger partial charge < -0.3 is 9.64 Å². The van der Waals surface area contributed by atoms with Crippen molar-refractivity contribution in [3.63, 3.8) is 0 Å². The van der Waals surface area contributed by atoms with Gasteiger partial charge in [0, 0.05) is 18.4 Å². The van der Waals surface area contributed by atoms with Gasteiger partial charge in [-0.1, -0.05) is 22.9 Å². The summed E-state index contributed by atoms with van der Waals surface area (Å²) in [7, 11) is 2.21. The Bertz CT molecular complexity index is 362. The first-order valence-electron chi connectivity index (χ1n) is 6.94. The SMILES string of the molecule is CC1=C(OCC2CCCN(C)C2)C(C)CC(Br)=C1. The van der Waals surface area contributed by atoms with E-state index in [0.29, 0.717) is 11.8 Å². The molecule has 2 aliphatic rings. The van der Waals surface area contributed by atoms with Gasteiger partial charge in [0.05, 0.1) is 6.61 Å². The molecule has 0 spiro atoms. The Morgan fingerprint density at radius 1 is 1.50 bits per heavy atom. The summed E-state index contributed by atoms with van der Waals surface area (Å²) in [5.74, 6) is 2.41. The first-order chi connectivity index (χ1) is 8.56. The minimum atomic E-state index is 0.505. The molecule has 2 rings (SSSR count). The molecule has 1 saturated heterocycles. The van der Waals surface area contributed by atoms with Crippen molar-refractivity contribution >= 4 is 15.9 Å². The van der Waals surface area contributed by atoms with Crippen molar-refractivity contribution in [2.24, 2.45) is 11.8 Å². The molecule has 0 N–H and O–H groups in total. The number of likely N-dealkylation sites (tertiary alicyclic amines) is 1. The quantitative estimate of drug-likeness (QED) is 0.782. The van der Waals surface area contributed by atoms with Crippen molar-refractivity contribution in [2.75, 3.05) is 26.7 Å². The maximum absolute atomic E-state index is 6.13. The van der Waals surface area contributed by atoms with Gasteiger partial charge in [-0.2, -0.15) is 0 Å². The number of rotatable bonds is 3. The molecule has 0 saturated carbocycles. The Balaban J connectivity index is 1.91. The molecule has 3 heteroatoms. The van der Waals surface area contributed by atoms with Gasteiger partial charge in [0.15, 0.2) is 0 Å². The van der Waals surface area contributed by atoms with Crippen LogP contribution in [0.1, 0.15) is 33.1 Å². The van der Waals surface area contributed by atoms with Gasteiger partial charge in [0.25, 0.3) is 0 Å². The van der Waals surface area contributed by atoms with E-state index in [9.17, 15) is 0 Å². The molecule has 2 unspecified atom stereocenters. The lowest BCUT2D eigenvalue weighted by Gasteiger charge is -2.31. The van der Waals surface area contributed by atoms with Crippen molar-refractivity contribution in [3.8, 4) is 0 Å². The molecule has 0 bridgehead atoms. The van der Waals surface area contributed by atoms with Crippen LogP contribution in [0.15, 0.2) is 21.9 Å². The molecular weight excluding hydrogens is 290 g/mol. The third-order valence-electron chi connectivity index (χ3n) is 3.91. The summed E-state index contributed by atoms with van der Waals surface area (Å²) < 4.78 is 7.42. The van der Waals surface area contributed by atoms with E-state index in [1.165, 1.54) is 41.7 Å². The van der Waals surface area contributed by atoms with E-state index in [-0.39, 0.29) is 0 Å². The molecule has 1 aliphatic carbocycles. The number of hydrogen-bond acceptors (Lipinski definition) is 2. The molecule has 1 aliphatic heterocycles. The van der Waals surface area contributed by atoms with Gasteiger partial charge in [0.2, 0.25) is 0 Å². The molecule has 0 aromatic carbocycles. The number of ether oxygens (including phenoxy) is 1. The van der Waals surface area contributed by atoms with E-state index in [2.05, 4.69) is 47.8 Å². The lowest BCUT2D eigenvalue weighted by atomic mass is 9.95. The number of nitrogens with zero attached hydrogens (tertiary/aromatic N) is 1. The largest absolute Gasteiger partial charge is 0.497 e. The highest BCUT2D eigenvalue weighted by Gasteiger charge is 2.22. The van der Waals surface area contributed by atoms with Crippen LogP contribution in [0, 0.1) is 11.8 Å². The molecule has 18 heavy (non-hydrogen) atoms. The normalized spacial score (nSPS) is 30.3. The van der Waals surface area contributed by atoms with E-state index in [1.807, 2.05) is 0 Å². The minimum Gasteiger partial charge on any atom is -0.497 e. The third kappa shape index (κ3) is 3.61. The number of halogens is 1. The molecule has 1 fully saturated rings. The van der Waals surface area contributed by atoms with Crippen molar-refractivity contribution < 1.29 is 4.74 Å². The van der Waals surface area contributed by atoms with Gasteiger partial charge >= 0.3 is 0 Å². The van der Waals surface area contributed by atoms with E-state index in [1.54, 1.807) is 0 Å². The van der Waals surface area contributed by atoms with E-state index in [0.717, 1.165) is 13.0 Å². The summed E-state index contributed by atoms with van der Waals surface area (Å²) in [6, 6.07) is 0. The Morgan fingerprint density at radius 3 is 2.94 bits per heavy atom. The molecule has 102 valence electrons. The standard InChI is InChI=1S/C15H24BrNO/c1-11-7-14(16)8-12(2)15(11)18-10-13-5-4-6-17(3)9-13/h7,12-13H,4-6,8-10H2,1-3H3. The van der Waals surface area contributed by atoms with E-state index >= 15 is 0 Å². The highest BCUT2D eigenvalue weighted by molar-refractivity contribution is 9.11. The van der Waals surface area contributed by atoms with Crippen molar-refractivity contribution in [1.82, 2.24) is 4.90 Å². The summed E-state index contributed by atoms with van der Waals surface area (Å²) >= 11 is 3.60. The second-order valence-electron chi connectivity index (χ2n) is 5.83. The van der Waals surface area contributed by atoms with Crippen LogP contribution >= 0.6 is 15.9 Å². The lowest BCUT2D eigenvalue weighted by Crippen LogP contribution is -2.34. The predicted molar refractivity (Wildman–Crippen MR) is 79.7 cm³/mol. The van der Waals surface area contributed by atoms with Gasteiger partial charge in [-0.15, -0.1) is 0 Å². The van der Waals surface area contributed by atoms with Crippen LogP contribution in [0.25, 0.3) is 0 Å². The maximum Gasteiger partial charge on any atom is 0.102 e. The van der Waals surface area contributed by atoms with Crippen LogP contribution < -0.4 is 0 Å². The molecule has 0 aromatic rings. The molecule has 0 amide bonds. The fourth-order valence-corrected chi connectivity index (χ4v) is 3.84. The highest BCUT2D eigenvalue weighted by atomic mass is 79.9. The third-order valence-corrected chi connectivity index (χ3v) is 4.46. The molecule has 2 nitrogen and oxygen atoms in total. The van der Waals surface area contributed by atoms with Gasteiger partial charge in [0.1, 0.15) is 5.76 Å². The number of piperidine rings is 1. The molecule has 0 radical (unpaired) electrons. The van der Waals surface area contributed by atoms with Gasteiger partial charge in [-0.25, -0.2) is 0 Å². The average Bonchev–Trinajstić information content (AvgIpc) is 2.27. The van der Waals surface area contributed by atoms with Crippen molar-refractivity contribution in [3.05, 3.63) is 21.9 Å². The molecule has 2 atom stereocenters. The van der Waals surface area contributed by atoms with Gasteiger partial charge in [-0.3, -0.25) is 0 Å². The smallest absolute Gasteiger partial charge is 0.102 e. The summed E-state index contributed by atoms with van der Waals surface area (Å²) in [6.45, 7) is 7.71. The van der Waals surface area contributed by atoms with Crippen molar-refractivity contribution in [1.29, 1.82) is 0 Å². The summed E-state index contributed by atoms with van der Waals surface area (Å²) in [4.78, 5) is 2.42. The summed E-state index contributed by atoms with van der Waals surface area (Å²) in [6.07, 6.45) is 5.88. The summed E-state index contributed by atoms with van der Waals surface area (Å²) in [5, 5.41) is 0. The zero-order chi connectivity index (χ0) is 13.1. The van der Waals surface area contributed by atoms with Crippen LogP contribution in [0.2, 0.25) is 0 Å². The Kier molecular flexibility index (Phi) is 4.91. The average molecular weight is 314 g/mol. The first kappa shape index (κ1) is 14.1. The second-order valence-corrected chi connectivity index (χ2v) is 6.84. The van der Waals surface area contributed by atoms with E-state index < -0.39 is 0 Å². The molecule has 0 aromatic heterocycles. The fraction of sp³-hybridized carbons (Fsp3) is 0.733. The van der Waals surface area contributed by atoms with Crippen LogP contribution in [0.5, 0.6) is 0 Å². The van der Waals surface area contributed by atoms with Crippen molar-refractivity contribution in [2.45, 2.75) is 33.1 Å². The molecule has 1 heterocycles. The van der Waals surface area contributed by atoms with Crippen LogP contribution in [-0.2, 0) is 4.74 Å². The fourth-order valence-electron chi connectivity index (χ4n) is 3.01. The van der Waals surface area contributed by atoms with E-state index in [4.69, 9.17) is 4.74 Å². The maximum atomic E-state index is 6.13. The predicted octanol–water partition coefficient (Wildman–Crippen LogP) is 3.94. The number of allylic oxidation sites excluding steroid dienone is 4. The van der Waals surface area contributed by atoms with Crippen LogP contribution in [0.3, 0.4) is 0 Å². The lowest BCUT2D eigenvalue weighted by molar-refractivity contribution is 0.0949. The second kappa shape index (κ2) is 6.25. The highest BCUT2D eigenvalue weighted by Crippen LogP contribution is 2.33. The first-order valence-corrected chi connectivity index (χ1v) is 7.73. The zero-order valence-corrected chi connectivity index (χ0v) is 13.3. The molecular formula is C15H24BrNO. The minimum absolute atomic E-state index is 0.505. The Hall–Kier alpha value is -0.280. The topological polar surface area (TPSA) is 12.5 Å². The zero-order valence-electron chi connectivity index (χ0n) is 11.7. The summed E-state index contributed by atoms with van der Waals surface area (Å²) in [5.41, 5.74) is 1.28. The van der Waals surface area contributed by atoms with Crippen LogP contribution in [0.4, 0.5) is 0 Å². The monoisotopic (exact) mass is 313 g/mol. The Morgan fingerprint density at radius 2 is 2.28 bits per heavy atom.